The van der Waals surface area contributed by atoms with Gasteiger partial charge in [-0.2, -0.15) is 10.2 Å². The topological polar surface area (TPSA) is 64.7 Å². The highest BCUT2D eigenvalue weighted by atomic mass is 19.1. The number of hydrogen-bond donors (Lipinski definition) is 1. The van der Waals surface area contributed by atoms with Gasteiger partial charge in [0.2, 0.25) is 5.91 Å². The van der Waals surface area contributed by atoms with Crippen LogP contribution in [0, 0.1) is 5.82 Å². The first kappa shape index (κ1) is 20.3. The van der Waals surface area contributed by atoms with Crippen LogP contribution in [0.25, 0.3) is 17.3 Å². The van der Waals surface area contributed by atoms with Crippen LogP contribution < -0.4 is 5.32 Å². The molecule has 0 unspecified atom stereocenters. The van der Waals surface area contributed by atoms with Crippen LogP contribution in [-0.2, 0) is 24.8 Å². The van der Waals surface area contributed by atoms with Crippen LogP contribution in [0.5, 0.6) is 0 Å². The Kier molecular flexibility index (Phi) is 6.03. The van der Waals surface area contributed by atoms with Crippen LogP contribution in [0.4, 0.5) is 10.1 Å². The Morgan fingerprint density at radius 2 is 1.87 bits per heavy atom. The van der Waals surface area contributed by atoms with Crippen molar-refractivity contribution in [2.45, 2.75) is 13.0 Å². The van der Waals surface area contributed by atoms with Gasteiger partial charge < -0.3 is 5.32 Å². The molecule has 31 heavy (non-hydrogen) atoms. The minimum absolute atomic E-state index is 0.238. The molecule has 2 aromatic carbocycles. The van der Waals surface area contributed by atoms with E-state index in [4.69, 9.17) is 0 Å². The molecule has 156 valence electrons. The molecule has 2 heterocycles. The van der Waals surface area contributed by atoms with Gasteiger partial charge >= 0.3 is 0 Å². The van der Waals surface area contributed by atoms with Gasteiger partial charge in [0.1, 0.15) is 5.82 Å². The molecule has 4 rings (SSSR count). The fourth-order valence-electron chi connectivity index (χ4n) is 3.32. The van der Waals surface area contributed by atoms with E-state index in [-0.39, 0.29) is 11.7 Å². The van der Waals surface area contributed by atoms with Crippen LogP contribution in [0.15, 0.2) is 79.3 Å². The Bertz CT molecular complexity index is 1180. The normalized spacial score (nSPS) is 11.2. The molecule has 0 aliphatic rings. The Morgan fingerprint density at radius 1 is 1.10 bits per heavy atom. The number of hydrogen-bond acceptors (Lipinski definition) is 3. The van der Waals surface area contributed by atoms with Gasteiger partial charge in [-0.25, -0.2) is 4.39 Å². The summed E-state index contributed by atoms with van der Waals surface area (Å²) in [7, 11) is 1.81. The summed E-state index contributed by atoms with van der Waals surface area (Å²) in [6.45, 7) is 0.808. The number of aryl methyl sites for hydroxylation is 3. The van der Waals surface area contributed by atoms with Crippen molar-refractivity contribution in [3.63, 3.8) is 0 Å². The molecule has 0 saturated heterocycles. The summed E-state index contributed by atoms with van der Waals surface area (Å²) in [5.74, 6) is -0.534. The van der Waals surface area contributed by atoms with Crippen molar-refractivity contribution < 1.29 is 9.18 Å². The van der Waals surface area contributed by atoms with Gasteiger partial charge in [-0.05, 0) is 60.5 Å². The van der Waals surface area contributed by atoms with Crippen molar-refractivity contribution in [2.75, 3.05) is 5.32 Å². The van der Waals surface area contributed by atoms with Gasteiger partial charge in [-0.15, -0.1) is 0 Å². The number of nitrogens with one attached hydrogen (secondary N) is 1. The fraction of sp³-hybridized carbons (Fsp3) is 0.125. The Hall–Kier alpha value is -4.00. The number of benzene rings is 2. The minimum Gasteiger partial charge on any atom is -0.323 e. The first-order valence-electron chi connectivity index (χ1n) is 9.92. The minimum atomic E-state index is -0.296. The Morgan fingerprint density at radius 3 is 2.58 bits per heavy atom. The van der Waals surface area contributed by atoms with Crippen LogP contribution in [0.1, 0.15) is 11.1 Å². The SMILES string of the molecule is Cn1ncc(/C=C/C(=O)Nc2ccc(CCn3cccn3)cc2)c1-c1ccc(F)cc1. The van der Waals surface area contributed by atoms with Crippen molar-refractivity contribution in [3.05, 3.63) is 96.2 Å². The van der Waals surface area contributed by atoms with E-state index in [0.29, 0.717) is 0 Å². The van der Waals surface area contributed by atoms with E-state index in [2.05, 4.69) is 15.5 Å². The summed E-state index contributed by atoms with van der Waals surface area (Å²) < 4.78 is 16.8. The predicted molar refractivity (Wildman–Crippen MR) is 119 cm³/mol. The molecule has 7 heteroatoms. The molecule has 1 amide bonds. The van der Waals surface area contributed by atoms with Gasteiger partial charge in [-0.1, -0.05) is 12.1 Å². The van der Waals surface area contributed by atoms with Gasteiger partial charge in [0.25, 0.3) is 0 Å². The smallest absolute Gasteiger partial charge is 0.248 e. The predicted octanol–water partition coefficient (Wildman–Crippen LogP) is 4.32. The number of aromatic nitrogens is 4. The van der Waals surface area contributed by atoms with E-state index < -0.39 is 0 Å². The van der Waals surface area contributed by atoms with Crippen molar-refractivity contribution in [3.8, 4) is 11.3 Å². The number of amides is 1. The average Bonchev–Trinajstić information content (AvgIpc) is 3.42. The molecule has 6 nitrogen and oxygen atoms in total. The Balaban J connectivity index is 1.38. The molecule has 0 aliphatic carbocycles. The third-order valence-electron chi connectivity index (χ3n) is 4.91. The summed E-state index contributed by atoms with van der Waals surface area (Å²) in [6, 6.07) is 15.9. The zero-order valence-corrected chi connectivity index (χ0v) is 17.1. The van der Waals surface area contributed by atoms with Crippen LogP contribution in [-0.4, -0.2) is 25.5 Å². The van der Waals surface area contributed by atoms with Crippen LogP contribution in [0.3, 0.4) is 0 Å². The van der Waals surface area contributed by atoms with Crippen LogP contribution >= 0.6 is 0 Å². The van der Waals surface area contributed by atoms with Gasteiger partial charge in [0.05, 0.1) is 11.9 Å². The van der Waals surface area contributed by atoms with E-state index in [1.54, 1.807) is 35.3 Å². The first-order chi connectivity index (χ1) is 15.1. The van der Waals surface area contributed by atoms with E-state index in [1.165, 1.54) is 23.8 Å². The molecule has 2 aromatic heterocycles. The molecular formula is C24H22FN5O. The number of carbonyl (C=O) groups excluding carboxylic acids is 1. The van der Waals surface area contributed by atoms with E-state index >= 15 is 0 Å². The molecule has 0 bridgehead atoms. The lowest BCUT2D eigenvalue weighted by Gasteiger charge is -2.06. The lowest BCUT2D eigenvalue weighted by atomic mass is 10.1. The van der Waals surface area contributed by atoms with Crippen molar-refractivity contribution >= 4 is 17.7 Å². The van der Waals surface area contributed by atoms with Gasteiger partial charge in [0.15, 0.2) is 0 Å². The number of rotatable bonds is 7. The Labute approximate surface area is 179 Å². The largest absolute Gasteiger partial charge is 0.323 e. The number of halogens is 1. The highest BCUT2D eigenvalue weighted by molar-refractivity contribution is 6.02. The zero-order valence-electron chi connectivity index (χ0n) is 17.1. The maximum Gasteiger partial charge on any atom is 0.248 e. The second kappa shape index (κ2) is 9.21. The summed E-state index contributed by atoms with van der Waals surface area (Å²) in [6.07, 6.45) is 9.42. The second-order valence-electron chi connectivity index (χ2n) is 7.12. The second-order valence-corrected chi connectivity index (χ2v) is 7.12. The summed E-state index contributed by atoms with van der Waals surface area (Å²) in [4.78, 5) is 12.4. The molecule has 0 radical (unpaired) electrons. The van der Waals surface area contributed by atoms with Crippen molar-refractivity contribution in [1.82, 2.24) is 19.6 Å². The molecular weight excluding hydrogens is 393 g/mol. The van der Waals surface area contributed by atoms with Crippen molar-refractivity contribution in [1.29, 1.82) is 0 Å². The molecule has 0 saturated carbocycles. The van der Waals surface area contributed by atoms with E-state index in [9.17, 15) is 9.18 Å². The highest BCUT2D eigenvalue weighted by Gasteiger charge is 2.09. The third-order valence-corrected chi connectivity index (χ3v) is 4.91. The van der Waals surface area contributed by atoms with Gasteiger partial charge in [0, 0.05) is 48.9 Å². The fourth-order valence-corrected chi connectivity index (χ4v) is 3.32. The average molecular weight is 415 g/mol. The zero-order chi connectivity index (χ0) is 21.6. The third kappa shape index (κ3) is 5.14. The first-order valence-corrected chi connectivity index (χ1v) is 9.92. The molecule has 0 aliphatic heterocycles. The maximum absolute atomic E-state index is 13.2. The van der Waals surface area contributed by atoms with E-state index in [1.807, 2.05) is 48.3 Å². The number of nitrogens with zero attached hydrogens (tertiary/aromatic N) is 4. The lowest BCUT2D eigenvalue weighted by molar-refractivity contribution is -0.111. The number of anilines is 1. The highest BCUT2D eigenvalue weighted by Crippen LogP contribution is 2.24. The molecule has 0 fully saturated rings. The lowest BCUT2D eigenvalue weighted by Crippen LogP contribution is -2.08. The number of carbonyl (C=O) groups is 1. The van der Waals surface area contributed by atoms with E-state index in [0.717, 1.165) is 35.5 Å². The van der Waals surface area contributed by atoms with Crippen molar-refractivity contribution in [2.24, 2.45) is 7.05 Å². The monoisotopic (exact) mass is 415 g/mol. The standard InChI is InChI=1S/C24H22FN5O/c1-29-24(19-5-8-21(25)9-6-19)20(17-27-29)7-12-23(31)28-22-10-3-18(4-11-22)13-16-30-15-2-14-26-30/h2-12,14-15,17H,13,16H2,1H3,(H,28,31)/b12-7+. The van der Waals surface area contributed by atoms with Gasteiger partial charge in [-0.3, -0.25) is 14.2 Å². The maximum atomic E-state index is 13.2. The summed E-state index contributed by atoms with van der Waals surface area (Å²) >= 11 is 0. The molecule has 0 spiro atoms. The summed E-state index contributed by atoms with van der Waals surface area (Å²) in [5, 5.41) is 11.3. The quantitative estimate of drug-likeness (QED) is 0.457. The van der Waals surface area contributed by atoms with Crippen LogP contribution in [0.2, 0.25) is 0 Å². The molecule has 4 aromatic rings. The molecule has 0 atom stereocenters. The molecule has 1 N–H and O–H groups in total. The summed E-state index contributed by atoms with van der Waals surface area (Å²) in [5.41, 5.74) is 4.31.